The molecule has 310 valence electrons. The molecule has 0 bridgehead atoms. The first-order valence-corrected chi connectivity index (χ1v) is 21.9. The molecule has 0 rings (SSSR count). The Morgan fingerprint density at radius 1 is 0.566 bits per heavy atom. The zero-order valence-corrected chi connectivity index (χ0v) is 35.2. The monoisotopic (exact) mass is 750 g/mol. The van der Waals surface area contributed by atoms with Gasteiger partial charge in [-0.3, -0.25) is 9.59 Å². The number of unbranched alkanes of at least 4 members (excludes halogenated alkanes) is 22. The number of quaternary nitrogens is 1. The summed E-state index contributed by atoms with van der Waals surface area (Å²) in [7, 11) is 5.41. The van der Waals surface area contributed by atoms with Crippen molar-refractivity contribution in [2.24, 2.45) is 0 Å². The number of rotatable bonds is 39. The van der Waals surface area contributed by atoms with Gasteiger partial charge in [-0.05, 0) is 38.5 Å². The second-order valence-corrected chi connectivity index (χ2v) is 16.0. The highest BCUT2D eigenvalue weighted by Crippen LogP contribution is 2.15. The molecule has 0 aliphatic heterocycles. The van der Waals surface area contributed by atoms with Crippen molar-refractivity contribution in [2.75, 3.05) is 41.0 Å². The maximum absolute atomic E-state index is 12.7. The van der Waals surface area contributed by atoms with Crippen molar-refractivity contribution in [2.45, 2.75) is 206 Å². The number of nitrogens with zero attached hydrogens (tertiary/aromatic N) is 1. The molecule has 0 amide bonds. The predicted molar refractivity (Wildman–Crippen MR) is 217 cm³/mol. The van der Waals surface area contributed by atoms with Gasteiger partial charge in [-0.25, -0.2) is 0 Å². The largest absolute Gasteiger partial charge is 0.544 e. The molecule has 0 N–H and O–H groups in total. The van der Waals surface area contributed by atoms with Crippen LogP contribution in [0.2, 0.25) is 0 Å². The molecule has 53 heavy (non-hydrogen) atoms. The summed E-state index contributed by atoms with van der Waals surface area (Å²) < 4.78 is 17.1. The van der Waals surface area contributed by atoms with Gasteiger partial charge in [-0.1, -0.05) is 160 Å². The fourth-order valence-electron chi connectivity index (χ4n) is 6.41. The van der Waals surface area contributed by atoms with Crippen LogP contribution in [0.4, 0.5) is 0 Å². The molecule has 0 saturated carbocycles. The maximum Gasteiger partial charge on any atom is 0.306 e. The highest BCUT2D eigenvalue weighted by Gasteiger charge is 2.25. The summed E-state index contributed by atoms with van der Waals surface area (Å²) in [4.78, 5) is 36.8. The summed E-state index contributed by atoms with van der Waals surface area (Å²) >= 11 is 0. The Bertz CT molecular complexity index is 926. The van der Waals surface area contributed by atoms with Crippen molar-refractivity contribution in [1.29, 1.82) is 0 Å². The number of allylic oxidation sites excluding steroid dienone is 4. The lowest BCUT2D eigenvalue weighted by molar-refractivity contribution is -0.889. The number of carboxylic acid groups (broad SMARTS) is 1. The van der Waals surface area contributed by atoms with Crippen LogP contribution in [0.15, 0.2) is 24.3 Å². The van der Waals surface area contributed by atoms with E-state index in [9.17, 15) is 19.5 Å². The SMILES string of the molecule is CCCCC/C=C/C=C/CCCCCCCCCCCCC(=O)OC(COCCC(C(=O)[O-])[N+](C)(C)C)COC(=O)CCCCCCCCCCCC. The average molecular weight is 750 g/mol. The van der Waals surface area contributed by atoms with Gasteiger partial charge in [-0.2, -0.15) is 0 Å². The van der Waals surface area contributed by atoms with Crippen LogP contribution >= 0.6 is 0 Å². The topological polar surface area (TPSA) is 102 Å². The molecular weight excluding hydrogens is 666 g/mol. The van der Waals surface area contributed by atoms with E-state index in [1.165, 1.54) is 122 Å². The van der Waals surface area contributed by atoms with E-state index in [0.717, 1.165) is 38.5 Å². The van der Waals surface area contributed by atoms with Gasteiger partial charge in [0.1, 0.15) is 12.6 Å². The molecule has 2 unspecified atom stereocenters. The Morgan fingerprint density at radius 3 is 1.45 bits per heavy atom. The van der Waals surface area contributed by atoms with Crippen molar-refractivity contribution >= 4 is 17.9 Å². The Hall–Kier alpha value is -2.19. The zero-order valence-electron chi connectivity index (χ0n) is 35.2. The van der Waals surface area contributed by atoms with E-state index in [4.69, 9.17) is 14.2 Å². The van der Waals surface area contributed by atoms with Gasteiger partial charge >= 0.3 is 11.9 Å². The van der Waals surface area contributed by atoms with Crippen LogP contribution in [0.5, 0.6) is 0 Å². The molecule has 0 aliphatic rings. The zero-order chi connectivity index (χ0) is 39.3. The predicted octanol–water partition coefficient (Wildman–Crippen LogP) is 10.4. The molecule has 0 aromatic heterocycles. The fraction of sp³-hybridized carbons (Fsp3) is 0.844. The average Bonchev–Trinajstić information content (AvgIpc) is 3.11. The van der Waals surface area contributed by atoms with E-state index < -0.39 is 18.1 Å². The molecule has 0 spiro atoms. The van der Waals surface area contributed by atoms with E-state index in [0.29, 0.717) is 12.8 Å². The number of ether oxygens (including phenoxy) is 3. The minimum absolute atomic E-state index is 0.0431. The standard InChI is InChI=1S/C45H83NO7/c1-6-8-10-12-14-16-18-19-20-21-22-23-24-25-26-28-30-32-34-36-44(48)53-41(39-51-38-37-42(45(49)50)46(3,4)5)40-52-43(47)35-33-31-29-27-17-15-13-11-9-7-2/h14,16,18-19,41-42H,6-13,15,17,20-40H2,1-5H3/b16-14+,19-18+. The fourth-order valence-corrected chi connectivity index (χ4v) is 6.41. The number of hydrogen-bond donors (Lipinski definition) is 0. The first kappa shape index (κ1) is 50.8. The van der Waals surface area contributed by atoms with E-state index in [1.807, 2.05) is 0 Å². The third kappa shape index (κ3) is 35.3. The van der Waals surface area contributed by atoms with Gasteiger partial charge < -0.3 is 28.6 Å². The summed E-state index contributed by atoms with van der Waals surface area (Å²) in [5, 5.41) is 11.6. The van der Waals surface area contributed by atoms with E-state index in [2.05, 4.69) is 38.2 Å². The second-order valence-electron chi connectivity index (χ2n) is 16.0. The Balaban J connectivity index is 4.29. The normalized spacial score (nSPS) is 13.2. The van der Waals surface area contributed by atoms with Crippen LogP contribution in [0.25, 0.3) is 0 Å². The van der Waals surface area contributed by atoms with Gasteiger partial charge in [0, 0.05) is 19.3 Å². The van der Waals surface area contributed by atoms with Crippen LogP contribution in [-0.4, -0.2) is 75.5 Å². The second kappa shape index (κ2) is 36.8. The number of esters is 2. The third-order valence-corrected chi connectivity index (χ3v) is 9.87. The maximum atomic E-state index is 12.7. The van der Waals surface area contributed by atoms with Crippen LogP contribution < -0.4 is 5.11 Å². The van der Waals surface area contributed by atoms with Crippen LogP contribution in [0.1, 0.15) is 194 Å². The van der Waals surface area contributed by atoms with Gasteiger partial charge in [0.25, 0.3) is 0 Å². The smallest absolute Gasteiger partial charge is 0.306 e. The molecule has 0 radical (unpaired) electrons. The van der Waals surface area contributed by atoms with Crippen molar-refractivity contribution in [3.05, 3.63) is 24.3 Å². The highest BCUT2D eigenvalue weighted by atomic mass is 16.6. The van der Waals surface area contributed by atoms with Gasteiger partial charge in [0.2, 0.25) is 0 Å². The van der Waals surface area contributed by atoms with E-state index in [-0.39, 0.29) is 42.7 Å². The molecule has 2 atom stereocenters. The summed E-state index contributed by atoms with van der Waals surface area (Å²) in [6.45, 7) is 4.63. The highest BCUT2D eigenvalue weighted by molar-refractivity contribution is 5.70. The molecule has 0 saturated heterocycles. The lowest BCUT2D eigenvalue weighted by atomic mass is 10.1. The quantitative estimate of drug-likeness (QED) is 0.0267. The van der Waals surface area contributed by atoms with Gasteiger partial charge in [0.05, 0.1) is 40.3 Å². The summed E-state index contributed by atoms with van der Waals surface area (Å²) in [6, 6.07) is -0.722. The number of hydrogen-bond acceptors (Lipinski definition) is 7. The number of carboxylic acids is 1. The van der Waals surface area contributed by atoms with Gasteiger partial charge in [-0.15, -0.1) is 0 Å². The van der Waals surface area contributed by atoms with Crippen molar-refractivity contribution in [3.8, 4) is 0 Å². The first-order chi connectivity index (χ1) is 25.6. The molecule has 0 aromatic rings. The summed E-state index contributed by atoms with van der Waals surface area (Å²) in [5.41, 5.74) is 0. The van der Waals surface area contributed by atoms with Crippen molar-refractivity contribution < 1.29 is 38.2 Å². The number of carbonyl (C=O) groups excluding carboxylic acids is 3. The first-order valence-electron chi connectivity index (χ1n) is 21.9. The molecule has 0 aliphatic carbocycles. The number of aliphatic carboxylic acids is 1. The lowest BCUT2D eigenvalue weighted by Gasteiger charge is -2.34. The molecule has 0 heterocycles. The Kier molecular flexibility index (Phi) is 35.2. The Labute approximate surface area is 326 Å². The van der Waals surface area contributed by atoms with Gasteiger partial charge in [0.15, 0.2) is 6.10 Å². The number of carbonyl (C=O) groups is 3. The lowest BCUT2D eigenvalue weighted by Crippen LogP contribution is -2.55. The summed E-state index contributed by atoms with van der Waals surface area (Å²) in [6.07, 6.45) is 39.1. The Morgan fingerprint density at radius 2 is 0.981 bits per heavy atom. The van der Waals surface area contributed by atoms with Crippen LogP contribution in [-0.2, 0) is 28.6 Å². The van der Waals surface area contributed by atoms with Crippen molar-refractivity contribution in [3.63, 3.8) is 0 Å². The third-order valence-electron chi connectivity index (χ3n) is 9.87. The number of likely N-dealkylation sites (N-methyl/N-ethyl adjacent to an activating group) is 1. The minimum atomic E-state index is -1.12. The molecule has 0 aromatic carbocycles. The summed E-state index contributed by atoms with van der Waals surface area (Å²) in [5.74, 6) is -1.73. The molecule has 8 heteroatoms. The van der Waals surface area contributed by atoms with E-state index >= 15 is 0 Å². The molecular formula is C45H83NO7. The van der Waals surface area contributed by atoms with Crippen molar-refractivity contribution in [1.82, 2.24) is 0 Å². The molecule has 8 nitrogen and oxygen atoms in total. The molecule has 0 fully saturated rings. The minimum Gasteiger partial charge on any atom is -0.544 e. The van der Waals surface area contributed by atoms with Crippen LogP contribution in [0.3, 0.4) is 0 Å². The van der Waals surface area contributed by atoms with Crippen LogP contribution in [0, 0.1) is 0 Å². The van der Waals surface area contributed by atoms with E-state index in [1.54, 1.807) is 21.1 Å².